The quantitative estimate of drug-likeness (QED) is 0.600. The van der Waals surface area contributed by atoms with Crippen molar-refractivity contribution in [1.29, 1.82) is 0 Å². The molecule has 0 aliphatic rings. The molecule has 0 fully saturated rings. The molecule has 0 saturated heterocycles. The Bertz CT molecular complexity index is 379. The van der Waals surface area contributed by atoms with Crippen molar-refractivity contribution in [2.24, 2.45) is 0 Å². The van der Waals surface area contributed by atoms with Crippen LogP contribution in [-0.2, 0) is 22.0 Å². The summed E-state index contributed by atoms with van der Waals surface area (Å²) in [6.45, 7) is 2.22. The molecule has 0 radical (unpaired) electrons. The number of rotatable bonds is 7. The Kier molecular flexibility index (Phi) is 6.18. The molecule has 4 nitrogen and oxygen atoms in total. The summed E-state index contributed by atoms with van der Waals surface area (Å²) < 4.78 is 24.6. The first kappa shape index (κ1) is 14.2. The average molecular weight is 257 g/mol. The minimum absolute atomic E-state index is 0.232. The maximum atomic E-state index is 10.1. The fourth-order valence-electron chi connectivity index (χ4n) is 1.64. The molecular formula is C12H17O4S-. The first-order valence-corrected chi connectivity index (χ1v) is 6.60. The van der Waals surface area contributed by atoms with Crippen LogP contribution >= 0.6 is 0 Å². The lowest BCUT2D eigenvalue weighted by molar-refractivity contribution is 0.291. The molecule has 1 rings (SSSR count). The third kappa shape index (κ3) is 5.81. The van der Waals surface area contributed by atoms with Gasteiger partial charge in [0.05, 0.1) is 18.0 Å². The van der Waals surface area contributed by atoms with E-state index in [1.807, 2.05) is 19.1 Å². The predicted molar refractivity (Wildman–Crippen MR) is 65.3 cm³/mol. The molecule has 0 aliphatic carbocycles. The van der Waals surface area contributed by atoms with Crippen molar-refractivity contribution >= 4 is 11.4 Å². The molecule has 1 atom stereocenters. The molecule has 17 heavy (non-hydrogen) atoms. The summed E-state index contributed by atoms with van der Waals surface area (Å²) in [5.74, 6) is 0.326. The Labute approximate surface area is 104 Å². The van der Waals surface area contributed by atoms with E-state index in [0.717, 1.165) is 30.4 Å². The fourth-order valence-corrected chi connectivity index (χ4v) is 1.89. The van der Waals surface area contributed by atoms with Gasteiger partial charge in [-0.15, -0.1) is 0 Å². The van der Waals surface area contributed by atoms with Crippen LogP contribution in [0.2, 0.25) is 0 Å². The normalized spacial score (nSPS) is 12.6. The molecule has 5 heteroatoms. The van der Waals surface area contributed by atoms with Crippen LogP contribution in [0.15, 0.2) is 18.2 Å². The van der Waals surface area contributed by atoms with Gasteiger partial charge in [0.2, 0.25) is 0 Å². The average Bonchev–Trinajstić information content (AvgIpc) is 2.27. The number of aryl methyl sites for hydroxylation is 2. The molecule has 1 unspecified atom stereocenters. The second-order valence-corrected chi connectivity index (χ2v) is 4.61. The molecule has 0 spiro atoms. The molecule has 0 bridgehead atoms. The molecule has 1 N–H and O–H groups in total. The van der Waals surface area contributed by atoms with Crippen LogP contribution in [0.25, 0.3) is 0 Å². The van der Waals surface area contributed by atoms with Crippen molar-refractivity contribution < 1.29 is 18.1 Å². The van der Waals surface area contributed by atoms with E-state index < -0.39 is 11.4 Å². The first-order valence-electron chi connectivity index (χ1n) is 5.60. The van der Waals surface area contributed by atoms with Gasteiger partial charge in [0.1, 0.15) is 5.75 Å². The van der Waals surface area contributed by atoms with E-state index in [0.29, 0.717) is 12.2 Å². The van der Waals surface area contributed by atoms with Gasteiger partial charge in [0.15, 0.2) is 0 Å². The van der Waals surface area contributed by atoms with Crippen LogP contribution < -0.4 is 0 Å². The Morgan fingerprint density at radius 2 is 2.12 bits per heavy atom. The number of hydrogen-bond acceptors (Lipinski definition) is 4. The molecule has 0 aromatic heterocycles. The molecule has 96 valence electrons. The Morgan fingerprint density at radius 1 is 1.35 bits per heavy atom. The van der Waals surface area contributed by atoms with Crippen LogP contribution in [0.5, 0.6) is 5.75 Å². The monoisotopic (exact) mass is 257 g/mol. The van der Waals surface area contributed by atoms with Gasteiger partial charge < -0.3 is 13.8 Å². The summed E-state index contributed by atoms with van der Waals surface area (Å²) in [5, 5.41) is 9.60. The SMILES string of the molecule is Cc1ccc(O)c(CCCCCOS(=O)[O-])c1. The number of phenolic OH excluding ortho intramolecular Hbond substituents is 1. The number of hydrogen-bond donors (Lipinski definition) is 1. The summed E-state index contributed by atoms with van der Waals surface area (Å²) in [7, 11) is 0. The largest absolute Gasteiger partial charge is 0.750 e. The van der Waals surface area contributed by atoms with Gasteiger partial charge in [-0.05, 0) is 37.8 Å². The summed E-state index contributed by atoms with van der Waals surface area (Å²) in [6.07, 6.45) is 3.30. The lowest BCUT2D eigenvalue weighted by atomic mass is 10.0. The van der Waals surface area contributed by atoms with Crippen molar-refractivity contribution in [3.8, 4) is 5.75 Å². The van der Waals surface area contributed by atoms with Crippen molar-refractivity contribution in [1.82, 2.24) is 0 Å². The van der Waals surface area contributed by atoms with Crippen molar-refractivity contribution in [2.45, 2.75) is 32.6 Å². The second kappa shape index (κ2) is 7.42. The third-order valence-electron chi connectivity index (χ3n) is 2.51. The third-order valence-corrected chi connectivity index (χ3v) is 2.86. The van der Waals surface area contributed by atoms with Crippen LogP contribution in [0.1, 0.15) is 30.4 Å². The van der Waals surface area contributed by atoms with E-state index in [9.17, 15) is 13.9 Å². The molecule has 0 heterocycles. The van der Waals surface area contributed by atoms with E-state index in [1.54, 1.807) is 6.07 Å². The summed E-state index contributed by atoms with van der Waals surface area (Å²) >= 11 is -2.40. The van der Waals surface area contributed by atoms with E-state index in [-0.39, 0.29) is 6.61 Å². The number of benzene rings is 1. The highest BCUT2D eigenvalue weighted by molar-refractivity contribution is 7.74. The van der Waals surface area contributed by atoms with Gasteiger partial charge in [-0.2, -0.15) is 0 Å². The standard InChI is InChI=1S/C12H18O4S/c1-10-6-7-12(13)11(9-10)5-3-2-4-8-16-17(14)15/h6-7,9,13H,2-5,8H2,1H3,(H,14,15)/p-1. The first-order chi connectivity index (χ1) is 8.09. The molecular weight excluding hydrogens is 240 g/mol. The summed E-state index contributed by atoms with van der Waals surface area (Å²) in [6, 6.07) is 5.54. The predicted octanol–water partition coefficient (Wildman–Crippen LogP) is 2.22. The molecule has 0 saturated carbocycles. The zero-order valence-corrected chi connectivity index (χ0v) is 10.7. The Morgan fingerprint density at radius 3 is 2.82 bits per heavy atom. The lowest BCUT2D eigenvalue weighted by Crippen LogP contribution is -1.98. The van der Waals surface area contributed by atoms with Crippen LogP contribution in [0.3, 0.4) is 0 Å². The highest BCUT2D eigenvalue weighted by atomic mass is 32.2. The topological polar surface area (TPSA) is 69.6 Å². The van der Waals surface area contributed by atoms with Crippen molar-refractivity contribution in [2.75, 3.05) is 6.61 Å². The van der Waals surface area contributed by atoms with Gasteiger partial charge in [-0.3, -0.25) is 0 Å². The minimum atomic E-state index is -2.40. The van der Waals surface area contributed by atoms with Gasteiger partial charge in [-0.25, -0.2) is 4.21 Å². The van der Waals surface area contributed by atoms with Crippen LogP contribution in [-0.4, -0.2) is 20.5 Å². The zero-order chi connectivity index (χ0) is 12.7. The smallest absolute Gasteiger partial charge is 0.118 e. The highest BCUT2D eigenvalue weighted by Crippen LogP contribution is 2.20. The van der Waals surface area contributed by atoms with Crippen LogP contribution in [0, 0.1) is 6.92 Å². The second-order valence-electron chi connectivity index (χ2n) is 3.97. The van der Waals surface area contributed by atoms with Gasteiger partial charge in [-0.1, -0.05) is 24.1 Å². The number of unbranched alkanes of at least 4 members (excludes halogenated alkanes) is 2. The van der Waals surface area contributed by atoms with E-state index in [4.69, 9.17) is 0 Å². The highest BCUT2D eigenvalue weighted by Gasteiger charge is 2.01. The minimum Gasteiger partial charge on any atom is -0.750 e. The van der Waals surface area contributed by atoms with Crippen molar-refractivity contribution in [3.05, 3.63) is 29.3 Å². The van der Waals surface area contributed by atoms with Gasteiger partial charge >= 0.3 is 0 Å². The van der Waals surface area contributed by atoms with E-state index in [1.165, 1.54) is 0 Å². The fraction of sp³-hybridized carbons (Fsp3) is 0.500. The molecule has 1 aromatic carbocycles. The Hall–Kier alpha value is -0.910. The lowest BCUT2D eigenvalue weighted by Gasteiger charge is -2.07. The Balaban J connectivity index is 2.22. The van der Waals surface area contributed by atoms with Gasteiger partial charge in [0.25, 0.3) is 0 Å². The van der Waals surface area contributed by atoms with Gasteiger partial charge in [0, 0.05) is 0 Å². The molecule has 0 amide bonds. The maximum absolute atomic E-state index is 10.1. The summed E-state index contributed by atoms with van der Waals surface area (Å²) in [5.41, 5.74) is 2.07. The number of phenols is 1. The zero-order valence-electron chi connectivity index (χ0n) is 9.85. The molecule has 0 aliphatic heterocycles. The maximum Gasteiger partial charge on any atom is 0.118 e. The summed E-state index contributed by atoms with van der Waals surface area (Å²) in [4.78, 5) is 0. The van der Waals surface area contributed by atoms with Crippen molar-refractivity contribution in [3.63, 3.8) is 0 Å². The number of aromatic hydroxyl groups is 1. The molecule has 1 aromatic rings. The van der Waals surface area contributed by atoms with E-state index in [2.05, 4.69) is 4.18 Å². The van der Waals surface area contributed by atoms with E-state index >= 15 is 0 Å². The van der Waals surface area contributed by atoms with Crippen LogP contribution in [0.4, 0.5) is 0 Å².